The van der Waals surface area contributed by atoms with Crippen LogP contribution < -0.4 is 10.7 Å². The minimum atomic E-state index is -0.403. The molecule has 2 N–H and O–H groups in total. The highest BCUT2D eigenvalue weighted by atomic mass is 35.5. The minimum Gasteiger partial charge on any atom is -0.325 e. The van der Waals surface area contributed by atoms with E-state index >= 15 is 0 Å². The van der Waals surface area contributed by atoms with Crippen molar-refractivity contribution in [2.45, 2.75) is 43.1 Å². The van der Waals surface area contributed by atoms with E-state index in [1.807, 2.05) is 4.68 Å². The van der Waals surface area contributed by atoms with E-state index in [2.05, 4.69) is 59.1 Å². The molecule has 1 aromatic heterocycles. The molecule has 1 aliphatic heterocycles. The Morgan fingerprint density at radius 3 is 2.59 bits per heavy atom. The summed E-state index contributed by atoms with van der Waals surface area (Å²) in [6.45, 7) is 4.16. The van der Waals surface area contributed by atoms with Gasteiger partial charge in [0.05, 0.1) is 6.04 Å². The third-order valence-corrected chi connectivity index (χ3v) is 6.25. The number of benzene rings is 2. The van der Waals surface area contributed by atoms with E-state index < -0.39 is 5.25 Å². The molecule has 1 aliphatic rings. The smallest absolute Gasteiger partial charge is 0.240 e. The SMILES string of the molecule is CCCc1nnc2n1N[C@H](c1ccc(C)cc1)[C@H](C(=O)Nc1ccc(Cl)cc1)S2. The van der Waals surface area contributed by atoms with E-state index in [0.717, 1.165) is 24.2 Å². The van der Waals surface area contributed by atoms with E-state index in [9.17, 15) is 4.79 Å². The lowest BCUT2D eigenvalue weighted by Crippen LogP contribution is -2.41. The van der Waals surface area contributed by atoms with Crippen LogP contribution >= 0.6 is 23.4 Å². The van der Waals surface area contributed by atoms with Gasteiger partial charge in [0.1, 0.15) is 5.25 Å². The molecule has 6 nitrogen and oxygen atoms in total. The Bertz CT molecular complexity index is 1000. The van der Waals surface area contributed by atoms with E-state index in [4.69, 9.17) is 11.6 Å². The number of amides is 1. The summed E-state index contributed by atoms with van der Waals surface area (Å²) in [5.41, 5.74) is 6.41. The van der Waals surface area contributed by atoms with Crippen molar-refractivity contribution < 1.29 is 4.79 Å². The number of rotatable bonds is 5. The van der Waals surface area contributed by atoms with E-state index in [0.29, 0.717) is 15.9 Å². The molecule has 0 radical (unpaired) electrons. The van der Waals surface area contributed by atoms with E-state index in [1.165, 1.54) is 17.3 Å². The number of hydrogen-bond acceptors (Lipinski definition) is 5. The Labute approximate surface area is 179 Å². The van der Waals surface area contributed by atoms with Crippen molar-refractivity contribution in [2.75, 3.05) is 10.7 Å². The second kappa shape index (κ2) is 8.47. The fourth-order valence-electron chi connectivity index (χ4n) is 3.25. The van der Waals surface area contributed by atoms with Gasteiger partial charge < -0.3 is 10.7 Å². The quantitative estimate of drug-likeness (QED) is 0.623. The first-order chi connectivity index (χ1) is 14.0. The van der Waals surface area contributed by atoms with Crippen molar-refractivity contribution in [3.05, 3.63) is 70.5 Å². The van der Waals surface area contributed by atoms with Crippen molar-refractivity contribution in [3.8, 4) is 0 Å². The van der Waals surface area contributed by atoms with Gasteiger partial charge in [-0.05, 0) is 43.2 Å². The van der Waals surface area contributed by atoms with Crippen LogP contribution in [0.3, 0.4) is 0 Å². The largest absolute Gasteiger partial charge is 0.325 e. The molecule has 0 bridgehead atoms. The molecule has 2 heterocycles. The highest BCUT2D eigenvalue weighted by Crippen LogP contribution is 2.37. The molecule has 0 fully saturated rings. The summed E-state index contributed by atoms with van der Waals surface area (Å²) in [5, 5.41) is 12.5. The molecular weight excluding hydrogens is 406 g/mol. The van der Waals surface area contributed by atoms with Gasteiger partial charge in [-0.1, -0.05) is 60.1 Å². The van der Waals surface area contributed by atoms with Crippen LogP contribution in [0.2, 0.25) is 5.02 Å². The fourth-order valence-corrected chi connectivity index (χ4v) is 4.48. The summed E-state index contributed by atoms with van der Waals surface area (Å²) in [5.74, 6) is 0.783. The van der Waals surface area contributed by atoms with Crippen molar-refractivity contribution in [3.63, 3.8) is 0 Å². The molecule has 150 valence electrons. The Balaban J connectivity index is 1.65. The lowest BCUT2D eigenvalue weighted by molar-refractivity contribution is -0.116. The normalized spacial score (nSPS) is 18.0. The first-order valence-electron chi connectivity index (χ1n) is 9.55. The van der Waals surface area contributed by atoms with Gasteiger partial charge in [0.25, 0.3) is 0 Å². The monoisotopic (exact) mass is 427 g/mol. The van der Waals surface area contributed by atoms with Crippen LogP contribution in [0.5, 0.6) is 0 Å². The van der Waals surface area contributed by atoms with Gasteiger partial charge in [-0.3, -0.25) is 4.79 Å². The summed E-state index contributed by atoms with van der Waals surface area (Å²) in [4.78, 5) is 13.2. The zero-order valence-corrected chi connectivity index (χ0v) is 17.8. The molecule has 4 rings (SSSR count). The van der Waals surface area contributed by atoms with Crippen LogP contribution in [-0.2, 0) is 11.2 Å². The summed E-state index contributed by atoms with van der Waals surface area (Å²) >= 11 is 7.38. The first kappa shape index (κ1) is 19.8. The maximum Gasteiger partial charge on any atom is 0.240 e. The van der Waals surface area contributed by atoms with Gasteiger partial charge >= 0.3 is 0 Å². The Kier molecular flexibility index (Phi) is 5.78. The third kappa shape index (κ3) is 4.26. The third-order valence-electron chi connectivity index (χ3n) is 4.78. The van der Waals surface area contributed by atoms with Crippen molar-refractivity contribution in [1.82, 2.24) is 14.9 Å². The second-order valence-corrected chi connectivity index (χ2v) is 8.58. The van der Waals surface area contributed by atoms with Crippen LogP contribution in [0.15, 0.2) is 53.7 Å². The number of thioether (sulfide) groups is 1. The van der Waals surface area contributed by atoms with Gasteiger partial charge in [-0.25, -0.2) is 4.68 Å². The molecule has 29 heavy (non-hydrogen) atoms. The summed E-state index contributed by atoms with van der Waals surface area (Å²) in [6.07, 6.45) is 1.79. The number of nitrogens with one attached hydrogen (secondary N) is 2. The van der Waals surface area contributed by atoms with Gasteiger partial charge in [0.15, 0.2) is 5.82 Å². The maximum atomic E-state index is 13.2. The molecule has 2 aromatic carbocycles. The molecule has 0 saturated heterocycles. The Morgan fingerprint density at radius 1 is 1.17 bits per heavy atom. The van der Waals surface area contributed by atoms with Gasteiger partial charge in [0, 0.05) is 17.1 Å². The maximum absolute atomic E-state index is 13.2. The van der Waals surface area contributed by atoms with Crippen LogP contribution in [-0.4, -0.2) is 26.0 Å². The van der Waals surface area contributed by atoms with E-state index in [1.54, 1.807) is 24.3 Å². The molecular formula is C21H22ClN5OS. The molecule has 8 heteroatoms. The number of aromatic nitrogens is 3. The Hall–Kier alpha value is -2.51. The average Bonchev–Trinajstić information content (AvgIpc) is 3.11. The van der Waals surface area contributed by atoms with Gasteiger partial charge in [-0.2, -0.15) is 0 Å². The zero-order chi connectivity index (χ0) is 20.4. The zero-order valence-electron chi connectivity index (χ0n) is 16.2. The lowest BCUT2D eigenvalue weighted by Gasteiger charge is -2.33. The highest BCUT2D eigenvalue weighted by molar-refractivity contribution is 8.00. The molecule has 0 aliphatic carbocycles. The van der Waals surface area contributed by atoms with Crippen LogP contribution in [0.1, 0.15) is 36.3 Å². The lowest BCUT2D eigenvalue weighted by atomic mass is 10.0. The highest BCUT2D eigenvalue weighted by Gasteiger charge is 2.37. The number of hydrogen-bond donors (Lipinski definition) is 2. The van der Waals surface area contributed by atoms with Gasteiger partial charge in [-0.15, -0.1) is 10.2 Å². The van der Waals surface area contributed by atoms with Crippen LogP contribution in [0, 0.1) is 6.92 Å². The van der Waals surface area contributed by atoms with Crippen LogP contribution in [0.4, 0.5) is 5.69 Å². The molecule has 0 spiro atoms. The number of aryl methyl sites for hydroxylation is 2. The standard InChI is InChI=1S/C21H22ClN5OS/c1-3-4-17-24-25-21-27(17)26-18(14-7-5-13(2)6-8-14)19(29-21)20(28)23-16-11-9-15(22)10-12-16/h5-12,18-19,26H,3-4H2,1-2H3,(H,23,28)/t18-,19-/m1/s1. The fraction of sp³-hybridized carbons (Fsp3) is 0.286. The number of fused-ring (bicyclic) bond motifs is 1. The second-order valence-electron chi connectivity index (χ2n) is 7.04. The van der Waals surface area contributed by atoms with Crippen molar-refractivity contribution in [1.29, 1.82) is 0 Å². The van der Waals surface area contributed by atoms with Crippen molar-refractivity contribution in [2.24, 2.45) is 0 Å². The topological polar surface area (TPSA) is 71.8 Å². The molecule has 3 aromatic rings. The van der Waals surface area contributed by atoms with Gasteiger partial charge in [0.2, 0.25) is 11.1 Å². The summed E-state index contributed by atoms with van der Waals surface area (Å²) in [6, 6.07) is 15.1. The average molecular weight is 428 g/mol. The van der Waals surface area contributed by atoms with E-state index in [-0.39, 0.29) is 11.9 Å². The molecule has 2 atom stereocenters. The number of halogens is 1. The molecule has 0 unspecified atom stereocenters. The number of carbonyl (C=O) groups excluding carboxylic acids is 1. The summed E-state index contributed by atoms with van der Waals surface area (Å²) in [7, 11) is 0. The predicted octanol–water partition coefficient (Wildman–Crippen LogP) is 4.59. The predicted molar refractivity (Wildman–Crippen MR) is 117 cm³/mol. The number of nitrogens with zero attached hydrogens (tertiary/aromatic N) is 3. The first-order valence-corrected chi connectivity index (χ1v) is 10.8. The van der Waals surface area contributed by atoms with Crippen molar-refractivity contribution >= 4 is 35.0 Å². The number of carbonyl (C=O) groups is 1. The minimum absolute atomic E-state index is 0.0957. The molecule has 1 amide bonds. The number of anilines is 1. The summed E-state index contributed by atoms with van der Waals surface area (Å²) < 4.78 is 1.92. The van der Waals surface area contributed by atoms with Crippen LogP contribution in [0.25, 0.3) is 0 Å². The Morgan fingerprint density at radius 2 is 1.90 bits per heavy atom. The molecule has 0 saturated carbocycles.